The average molecular weight is 465 g/mol. The molecule has 0 saturated carbocycles. The van der Waals surface area contributed by atoms with Crippen LogP contribution in [0.15, 0.2) is 45.7 Å². The van der Waals surface area contributed by atoms with Crippen molar-refractivity contribution in [2.75, 3.05) is 7.11 Å². The van der Waals surface area contributed by atoms with Gasteiger partial charge in [0.2, 0.25) is 0 Å². The second-order valence-electron chi connectivity index (χ2n) is 6.09. The molecule has 2 aromatic carbocycles. The summed E-state index contributed by atoms with van der Waals surface area (Å²) in [7, 11) is 1.27. The molecular weight excluding hydrogens is 450 g/mol. The Morgan fingerprint density at radius 1 is 1.21 bits per heavy atom. The number of carbonyl (C=O) groups excluding carboxylic acids is 1. The van der Waals surface area contributed by atoms with Gasteiger partial charge in [0, 0.05) is 17.2 Å². The first-order valence-corrected chi connectivity index (χ1v) is 9.15. The highest BCUT2D eigenvalue weighted by Crippen LogP contribution is 2.35. The highest BCUT2D eigenvalue weighted by Gasteiger charge is 2.20. The fourth-order valence-electron chi connectivity index (χ4n) is 2.64. The number of nitrogens with zero attached hydrogens (tertiary/aromatic N) is 1. The summed E-state index contributed by atoms with van der Waals surface area (Å²) in [5, 5.41) is 6.39. The van der Waals surface area contributed by atoms with Gasteiger partial charge in [-0.25, -0.2) is 18.7 Å². The molecule has 0 atom stereocenters. The van der Waals surface area contributed by atoms with E-state index in [4.69, 9.17) is 9.47 Å². The summed E-state index contributed by atoms with van der Waals surface area (Å²) in [4.78, 5) is 23.9. The van der Waals surface area contributed by atoms with Gasteiger partial charge in [-0.2, -0.15) is 5.10 Å². The molecule has 3 aromatic rings. The Balaban J connectivity index is 2.06. The number of aryl methyl sites for hydroxylation is 1. The number of methoxy groups -OCH3 is 1. The van der Waals surface area contributed by atoms with Crippen molar-refractivity contribution in [1.82, 2.24) is 10.2 Å². The van der Waals surface area contributed by atoms with Gasteiger partial charge >= 0.3 is 5.97 Å². The molecule has 0 unspecified atom stereocenters. The van der Waals surface area contributed by atoms with Crippen molar-refractivity contribution in [3.8, 4) is 17.0 Å². The molecule has 0 aliphatic heterocycles. The largest absolute Gasteiger partial charge is 0.485 e. The summed E-state index contributed by atoms with van der Waals surface area (Å²) in [6.07, 6.45) is 0. The Morgan fingerprint density at radius 2 is 1.97 bits per heavy atom. The van der Waals surface area contributed by atoms with Crippen LogP contribution in [0.4, 0.5) is 8.78 Å². The van der Waals surface area contributed by atoms with E-state index >= 15 is 0 Å². The molecule has 0 bridgehead atoms. The fraction of sp³-hybridized carbons (Fsp3) is 0.150. The quantitative estimate of drug-likeness (QED) is 0.573. The van der Waals surface area contributed by atoms with E-state index in [9.17, 15) is 18.4 Å². The maximum absolute atomic E-state index is 13.9. The van der Waals surface area contributed by atoms with Crippen LogP contribution in [-0.4, -0.2) is 23.3 Å². The SMILES string of the molecule is COC(=O)c1ccc(C)c(-c2n[nH]c(=O)c(Br)c2OCc2ccc(F)cc2F)c1. The monoisotopic (exact) mass is 464 g/mol. The zero-order chi connectivity index (χ0) is 21.1. The number of H-pyrrole nitrogens is 1. The minimum atomic E-state index is -0.774. The molecule has 0 aliphatic rings. The first kappa shape index (κ1) is 20.7. The molecule has 3 rings (SSSR count). The van der Waals surface area contributed by atoms with Crippen molar-refractivity contribution in [2.45, 2.75) is 13.5 Å². The second kappa shape index (κ2) is 8.52. The molecule has 0 fully saturated rings. The van der Waals surface area contributed by atoms with Gasteiger partial charge in [0.1, 0.15) is 28.4 Å². The van der Waals surface area contributed by atoms with E-state index in [1.54, 1.807) is 25.1 Å². The number of esters is 1. The average Bonchev–Trinajstić information content (AvgIpc) is 2.70. The summed E-state index contributed by atoms with van der Waals surface area (Å²) in [5.41, 5.74) is 1.34. The topological polar surface area (TPSA) is 81.3 Å². The Bertz CT molecular complexity index is 1150. The van der Waals surface area contributed by atoms with Gasteiger partial charge < -0.3 is 9.47 Å². The smallest absolute Gasteiger partial charge is 0.337 e. The second-order valence-corrected chi connectivity index (χ2v) is 6.88. The number of aromatic nitrogens is 2. The third-order valence-electron chi connectivity index (χ3n) is 4.18. The fourth-order valence-corrected chi connectivity index (χ4v) is 3.03. The molecule has 1 N–H and O–H groups in total. The van der Waals surface area contributed by atoms with E-state index in [1.165, 1.54) is 13.2 Å². The predicted molar refractivity (Wildman–Crippen MR) is 105 cm³/mol. The van der Waals surface area contributed by atoms with Crippen LogP contribution in [0.1, 0.15) is 21.5 Å². The first-order valence-electron chi connectivity index (χ1n) is 8.36. The lowest BCUT2D eigenvalue weighted by molar-refractivity contribution is 0.0600. The van der Waals surface area contributed by atoms with Crippen LogP contribution in [0.25, 0.3) is 11.3 Å². The van der Waals surface area contributed by atoms with Gasteiger partial charge in [-0.3, -0.25) is 4.79 Å². The van der Waals surface area contributed by atoms with E-state index in [0.29, 0.717) is 5.56 Å². The van der Waals surface area contributed by atoms with Crippen molar-refractivity contribution in [3.05, 3.63) is 79.5 Å². The van der Waals surface area contributed by atoms with Crippen molar-refractivity contribution in [3.63, 3.8) is 0 Å². The highest BCUT2D eigenvalue weighted by molar-refractivity contribution is 9.10. The molecular formula is C20H15BrF2N2O4. The Morgan fingerprint density at radius 3 is 2.66 bits per heavy atom. The maximum Gasteiger partial charge on any atom is 0.337 e. The normalized spacial score (nSPS) is 10.7. The number of ether oxygens (including phenoxy) is 2. The van der Waals surface area contributed by atoms with Crippen molar-refractivity contribution < 1.29 is 23.0 Å². The van der Waals surface area contributed by atoms with Crippen molar-refractivity contribution in [1.29, 1.82) is 0 Å². The molecule has 29 heavy (non-hydrogen) atoms. The zero-order valence-electron chi connectivity index (χ0n) is 15.4. The van der Waals surface area contributed by atoms with Gasteiger partial charge in [0.05, 0.1) is 12.7 Å². The van der Waals surface area contributed by atoms with Crippen LogP contribution >= 0.6 is 15.9 Å². The Kier molecular flexibility index (Phi) is 6.07. The van der Waals surface area contributed by atoms with E-state index in [0.717, 1.165) is 17.7 Å². The molecule has 9 heteroatoms. The molecule has 0 aliphatic carbocycles. The lowest BCUT2D eigenvalue weighted by Gasteiger charge is -2.14. The van der Waals surface area contributed by atoms with Gasteiger partial charge in [-0.1, -0.05) is 6.07 Å². The van der Waals surface area contributed by atoms with Crippen LogP contribution in [0.3, 0.4) is 0 Å². The number of halogens is 3. The van der Waals surface area contributed by atoms with Gasteiger partial charge in [-0.05, 0) is 52.7 Å². The number of hydrogen-bond donors (Lipinski definition) is 1. The predicted octanol–water partition coefficient (Wildman–Crippen LogP) is 4.15. The summed E-state index contributed by atoms with van der Waals surface area (Å²) < 4.78 is 37.5. The van der Waals surface area contributed by atoms with Crippen molar-refractivity contribution >= 4 is 21.9 Å². The van der Waals surface area contributed by atoms with Gasteiger partial charge in [-0.15, -0.1) is 0 Å². The third-order valence-corrected chi connectivity index (χ3v) is 4.90. The minimum absolute atomic E-state index is 0.0490. The number of hydrogen-bond acceptors (Lipinski definition) is 5. The molecule has 0 spiro atoms. The molecule has 1 aromatic heterocycles. The molecule has 6 nitrogen and oxygen atoms in total. The maximum atomic E-state index is 13.9. The van der Waals surface area contributed by atoms with Crippen LogP contribution in [0.5, 0.6) is 5.75 Å². The van der Waals surface area contributed by atoms with E-state index < -0.39 is 23.2 Å². The highest BCUT2D eigenvalue weighted by atomic mass is 79.9. The third kappa shape index (κ3) is 4.34. The van der Waals surface area contributed by atoms with Crippen LogP contribution in [0, 0.1) is 18.6 Å². The van der Waals surface area contributed by atoms with E-state index in [1.807, 2.05) is 0 Å². The number of rotatable bonds is 5. The minimum Gasteiger partial charge on any atom is -0.485 e. The van der Waals surface area contributed by atoms with E-state index in [-0.39, 0.29) is 33.6 Å². The molecule has 0 radical (unpaired) electrons. The molecule has 0 saturated heterocycles. The summed E-state index contributed by atoms with van der Waals surface area (Å²) in [6, 6.07) is 7.96. The number of nitrogens with one attached hydrogen (secondary N) is 1. The first-order chi connectivity index (χ1) is 13.8. The number of benzene rings is 2. The number of aromatic amines is 1. The Hall–Kier alpha value is -3.07. The summed E-state index contributed by atoms with van der Waals surface area (Å²) in [5.74, 6) is -1.96. The van der Waals surface area contributed by atoms with Gasteiger partial charge in [0.15, 0.2) is 5.75 Å². The zero-order valence-corrected chi connectivity index (χ0v) is 17.0. The lowest BCUT2D eigenvalue weighted by atomic mass is 10.0. The summed E-state index contributed by atoms with van der Waals surface area (Å²) in [6.45, 7) is 1.53. The Labute approximate surface area is 172 Å². The van der Waals surface area contributed by atoms with Crippen molar-refractivity contribution in [2.24, 2.45) is 0 Å². The van der Waals surface area contributed by atoms with Gasteiger partial charge in [0.25, 0.3) is 5.56 Å². The number of carbonyl (C=O) groups is 1. The molecule has 0 amide bonds. The van der Waals surface area contributed by atoms with E-state index in [2.05, 4.69) is 26.1 Å². The summed E-state index contributed by atoms with van der Waals surface area (Å²) >= 11 is 3.16. The lowest BCUT2D eigenvalue weighted by Crippen LogP contribution is -2.13. The van der Waals surface area contributed by atoms with Crippen LogP contribution < -0.4 is 10.3 Å². The molecule has 1 heterocycles. The van der Waals surface area contributed by atoms with Crippen LogP contribution in [0.2, 0.25) is 0 Å². The van der Waals surface area contributed by atoms with Crippen LogP contribution in [-0.2, 0) is 11.3 Å². The molecule has 150 valence electrons. The standard InChI is InChI=1S/C20H15BrF2N2O4/c1-10-3-4-11(20(27)28-2)7-14(10)17-18(16(21)19(26)25-24-17)29-9-12-5-6-13(22)8-15(12)23/h3-8H,9H2,1-2H3,(H,25,26).